The minimum Gasteiger partial charge on any atom is -0.446 e. The molecule has 270 valence electrons. The van der Waals surface area contributed by atoms with Crippen molar-refractivity contribution in [1.29, 1.82) is 0 Å². The van der Waals surface area contributed by atoms with E-state index in [9.17, 15) is 14.4 Å². The number of Topliss-reactive ketones (excluding diaryl/α,β-unsaturated/α-hetero) is 2. The van der Waals surface area contributed by atoms with Gasteiger partial charge in [-0.25, -0.2) is 0 Å². The zero-order chi connectivity index (χ0) is 34.6. The summed E-state index contributed by atoms with van der Waals surface area (Å²) in [4.78, 5) is 40.4. The SMILES string of the molecule is CCCCC/C=C\C/C=C\CCCCCCCC(=O)C(OC(=O)CCN(C)C)C(=O)CCCCCCC/C=C\C/C=C\CCCCC. The Balaban J connectivity index is 4.27. The number of carbonyl (C=O) groups excluding carboxylic acids is 3. The van der Waals surface area contributed by atoms with E-state index in [4.69, 9.17) is 4.74 Å². The molecule has 0 heterocycles. The standard InChI is InChI=1S/C42H73NO4/c1-5-7-9-11-13-15-17-19-21-23-25-27-29-31-33-35-39(44)42(47-41(46)37-38-43(3)4)40(45)36-34-32-30-28-26-24-22-20-18-16-14-12-10-8-6-2/h13-16,19-22,42H,5-12,17-18,23-38H2,1-4H3/b15-13-,16-14-,21-19-,22-20-. The molecular formula is C42H73NO4. The van der Waals surface area contributed by atoms with Gasteiger partial charge < -0.3 is 9.64 Å². The van der Waals surface area contributed by atoms with Crippen LogP contribution >= 0.6 is 0 Å². The maximum Gasteiger partial charge on any atom is 0.308 e. The highest BCUT2D eigenvalue weighted by Gasteiger charge is 2.29. The van der Waals surface area contributed by atoms with E-state index in [0.29, 0.717) is 19.4 Å². The third kappa shape index (κ3) is 32.1. The summed E-state index contributed by atoms with van der Waals surface area (Å²) in [6.07, 6.45) is 42.2. The number of unbranched alkanes of at least 4 members (excludes halogenated alkanes) is 16. The van der Waals surface area contributed by atoms with Crippen LogP contribution in [0.25, 0.3) is 0 Å². The number of carbonyl (C=O) groups is 3. The van der Waals surface area contributed by atoms with Crippen LogP contribution in [-0.4, -0.2) is 49.2 Å². The zero-order valence-corrected chi connectivity index (χ0v) is 31.2. The third-order valence-electron chi connectivity index (χ3n) is 8.34. The van der Waals surface area contributed by atoms with Crippen molar-refractivity contribution in [2.24, 2.45) is 0 Å². The molecule has 0 aliphatic carbocycles. The van der Waals surface area contributed by atoms with E-state index in [1.165, 1.54) is 51.4 Å². The number of hydrogen-bond acceptors (Lipinski definition) is 5. The first kappa shape index (κ1) is 44.7. The fraction of sp³-hybridized carbons (Fsp3) is 0.738. The van der Waals surface area contributed by atoms with E-state index in [-0.39, 0.29) is 18.0 Å². The molecule has 0 unspecified atom stereocenters. The molecule has 0 aromatic heterocycles. The van der Waals surface area contributed by atoms with Gasteiger partial charge in [0.15, 0.2) is 11.6 Å². The van der Waals surface area contributed by atoms with Gasteiger partial charge in [-0.05, 0) is 91.1 Å². The largest absolute Gasteiger partial charge is 0.446 e. The summed E-state index contributed by atoms with van der Waals surface area (Å²) < 4.78 is 5.48. The normalized spacial score (nSPS) is 12.2. The maximum absolute atomic E-state index is 13.0. The highest BCUT2D eigenvalue weighted by Crippen LogP contribution is 2.15. The number of rotatable bonds is 34. The van der Waals surface area contributed by atoms with Crippen LogP contribution in [0.15, 0.2) is 48.6 Å². The van der Waals surface area contributed by atoms with Gasteiger partial charge in [-0.15, -0.1) is 0 Å². The molecule has 0 aliphatic rings. The smallest absolute Gasteiger partial charge is 0.308 e. The van der Waals surface area contributed by atoms with Gasteiger partial charge in [-0.1, -0.05) is 127 Å². The molecule has 0 N–H and O–H groups in total. The average Bonchev–Trinajstić information content (AvgIpc) is 3.05. The van der Waals surface area contributed by atoms with Crippen molar-refractivity contribution in [3.05, 3.63) is 48.6 Å². The molecule has 47 heavy (non-hydrogen) atoms. The number of hydrogen-bond donors (Lipinski definition) is 0. The molecule has 0 bridgehead atoms. The predicted molar refractivity (Wildman–Crippen MR) is 202 cm³/mol. The van der Waals surface area contributed by atoms with Crippen molar-refractivity contribution in [2.75, 3.05) is 20.6 Å². The molecule has 0 aromatic rings. The van der Waals surface area contributed by atoms with E-state index in [0.717, 1.165) is 89.9 Å². The predicted octanol–water partition coefficient (Wildman–Crippen LogP) is 11.6. The monoisotopic (exact) mass is 656 g/mol. The van der Waals surface area contributed by atoms with Crippen molar-refractivity contribution in [2.45, 2.75) is 180 Å². The van der Waals surface area contributed by atoms with Crippen molar-refractivity contribution in [3.63, 3.8) is 0 Å². The number of ketones is 2. The zero-order valence-electron chi connectivity index (χ0n) is 31.2. The Morgan fingerprint density at radius 2 is 0.851 bits per heavy atom. The van der Waals surface area contributed by atoms with Gasteiger partial charge in [0.2, 0.25) is 6.10 Å². The van der Waals surface area contributed by atoms with E-state index in [1.54, 1.807) is 0 Å². The Hall–Kier alpha value is -2.27. The van der Waals surface area contributed by atoms with Crippen LogP contribution in [0.5, 0.6) is 0 Å². The third-order valence-corrected chi connectivity index (χ3v) is 8.34. The number of ether oxygens (including phenoxy) is 1. The molecule has 0 amide bonds. The second-order valence-electron chi connectivity index (χ2n) is 13.3. The second-order valence-corrected chi connectivity index (χ2v) is 13.3. The Labute approximate surface area is 290 Å². The lowest BCUT2D eigenvalue weighted by Gasteiger charge is -2.17. The van der Waals surface area contributed by atoms with E-state index in [1.807, 2.05) is 19.0 Å². The Kier molecular flexibility index (Phi) is 33.4. The number of allylic oxidation sites excluding steroid dienone is 8. The van der Waals surface area contributed by atoms with Crippen LogP contribution in [0.3, 0.4) is 0 Å². The summed E-state index contributed by atoms with van der Waals surface area (Å²) in [6, 6.07) is 0. The summed E-state index contributed by atoms with van der Waals surface area (Å²) in [5, 5.41) is 0. The van der Waals surface area contributed by atoms with Gasteiger partial charge in [0.05, 0.1) is 6.42 Å². The molecule has 0 fully saturated rings. The minimum atomic E-state index is -1.23. The maximum atomic E-state index is 13.0. The Bertz CT molecular complexity index is 812. The lowest BCUT2D eigenvalue weighted by atomic mass is 9.99. The van der Waals surface area contributed by atoms with E-state index >= 15 is 0 Å². The molecule has 5 nitrogen and oxygen atoms in total. The molecule has 0 aliphatic heterocycles. The minimum absolute atomic E-state index is 0.178. The number of nitrogens with zero attached hydrogens (tertiary/aromatic N) is 1. The topological polar surface area (TPSA) is 63.7 Å². The lowest BCUT2D eigenvalue weighted by molar-refractivity contribution is -0.160. The van der Waals surface area contributed by atoms with Crippen molar-refractivity contribution in [1.82, 2.24) is 4.90 Å². The van der Waals surface area contributed by atoms with E-state index < -0.39 is 12.1 Å². The number of esters is 1. The van der Waals surface area contributed by atoms with Crippen molar-refractivity contribution < 1.29 is 19.1 Å². The molecule has 5 heteroatoms. The second kappa shape index (κ2) is 35.0. The molecule has 0 aromatic carbocycles. The van der Waals surface area contributed by atoms with Gasteiger partial charge >= 0.3 is 5.97 Å². The van der Waals surface area contributed by atoms with E-state index in [2.05, 4.69) is 62.5 Å². The quantitative estimate of drug-likeness (QED) is 0.0299. The highest BCUT2D eigenvalue weighted by molar-refractivity contribution is 6.06. The molecule has 0 saturated heterocycles. The lowest BCUT2D eigenvalue weighted by Crippen LogP contribution is -2.35. The summed E-state index contributed by atoms with van der Waals surface area (Å²) in [5.41, 5.74) is 0. The first-order chi connectivity index (χ1) is 22.9. The first-order valence-electron chi connectivity index (χ1n) is 19.4. The van der Waals surface area contributed by atoms with Crippen LogP contribution in [-0.2, 0) is 19.1 Å². The molecule has 0 rings (SSSR count). The van der Waals surface area contributed by atoms with Crippen molar-refractivity contribution in [3.8, 4) is 0 Å². The molecular weight excluding hydrogens is 582 g/mol. The Morgan fingerprint density at radius 3 is 1.23 bits per heavy atom. The Morgan fingerprint density at radius 1 is 0.489 bits per heavy atom. The highest BCUT2D eigenvalue weighted by atomic mass is 16.5. The van der Waals surface area contributed by atoms with Gasteiger partial charge in [-0.2, -0.15) is 0 Å². The van der Waals surface area contributed by atoms with Crippen LogP contribution in [0.4, 0.5) is 0 Å². The fourth-order valence-electron chi connectivity index (χ4n) is 5.30. The van der Waals surface area contributed by atoms with Gasteiger partial charge in [-0.3, -0.25) is 14.4 Å². The summed E-state index contributed by atoms with van der Waals surface area (Å²) in [6.45, 7) is 5.00. The van der Waals surface area contributed by atoms with Crippen LogP contribution in [0, 0.1) is 0 Å². The van der Waals surface area contributed by atoms with Crippen LogP contribution < -0.4 is 0 Å². The fourth-order valence-corrected chi connectivity index (χ4v) is 5.30. The van der Waals surface area contributed by atoms with Gasteiger partial charge in [0.25, 0.3) is 0 Å². The molecule has 0 radical (unpaired) electrons. The van der Waals surface area contributed by atoms with Crippen LogP contribution in [0.1, 0.15) is 174 Å². The first-order valence-corrected chi connectivity index (χ1v) is 19.4. The van der Waals surface area contributed by atoms with Crippen molar-refractivity contribution >= 4 is 17.5 Å². The summed E-state index contributed by atoms with van der Waals surface area (Å²) >= 11 is 0. The van der Waals surface area contributed by atoms with Gasteiger partial charge in [0.1, 0.15) is 0 Å². The average molecular weight is 656 g/mol. The van der Waals surface area contributed by atoms with Gasteiger partial charge in [0, 0.05) is 19.4 Å². The molecule has 0 spiro atoms. The molecule has 0 atom stereocenters. The summed E-state index contributed by atoms with van der Waals surface area (Å²) in [7, 11) is 3.77. The van der Waals surface area contributed by atoms with Crippen LogP contribution in [0.2, 0.25) is 0 Å². The molecule has 0 saturated carbocycles. The summed E-state index contributed by atoms with van der Waals surface area (Å²) in [5.74, 6) is -0.937.